The number of methoxy groups -OCH3 is 1. The Labute approximate surface area is 109 Å². The highest BCUT2D eigenvalue weighted by atomic mass is 16.5. The van der Waals surface area contributed by atoms with E-state index in [1.165, 1.54) is 11.1 Å². The molecule has 1 aliphatic rings. The number of nitrogens with one attached hydrogen (secondary N) is 1. The van der Waals surface area contributed by atoms with Crippen molar-refractivity contribution in [1.29, 1.82) is 0 Å². The molecule has 0 unspecified atom stereocenters. The maximum Gasteiger partial charge on any atom is 0.224 e. The van der Waals surface area contributed by atoms with Gasteiger partial charge in [0.05, 0.1) is 7.11 Å². The second kappa shape index (κ2) is 4.63. The standard InChI is InChI=1S/C15H21NO2/c1-15(2,3)11-8-10-6-5-7-14(17)16-12(10)9-13(11)18-4/h8-9H,5-7H2,1-4H3,(H,16,17). The highest BCUT2D eigenvalue weighted by molar-refractivity contribution is 5.92. The number of amides is 1. The number of carbonyl (C=O) groups excluding carboxylic acids is 1. The first-order valence-corrected chi connectivity index (χ1v) is 6.43. The Bertz CT molecular complexity index is 472. The van der Waals surface area contributed by atoms with Crippen LogP contribution < -0.4 is 10.1 Å². The molecule has 2 rings (SSSR count). The highest BCUT2D eigenvalue weighted by Crippen LogP contribution is 2.37. The number of rotatable bonds is 1. The molecule has 1 aromatic carbocycles. The molecule has 1 aliphatic heterocycles. The van der Waals surface area contributed by atoms with Crippen molar-refractivity contribution in [2.24, 2.45) is 0 Å². The van der Waals surface area contributed by atoms with Crippen LogP contribution in [0, 0.1) is 0 Å². The molecule has 0 saturated heterocycles. The van der Waals surface area contributed by atoms with Crippen LogP contribution in [0.5, 0.6) is 5.75 Å². The first-order chi connectivity index (χ1) is 8.41. The van der Waals surface area contributed by atoms with Crippen molar-refractivity contribution in [3.05, 3.63) is 23.3 Å². The van der Waals surface area contributed by atoms with Gasteiger partial charge in [-0.2, -0.15) is 0 Å². The maximum atomic E-state index is 11.6. The fraction of sp³-hybridized carbons (Fsp3) is 0.533. The van der Waals surface area contributed by atoms with Crippen LogP contribution in [0.2, 0.25) is 0 Å². The second-order valence-electron chi connectivity index (χ2n) is 5.86. The van der Waals surface area contributed by atoms with Gasteiger partial charge in [0.1, 0.15) is 5.75 Å². The molecule has 0 bridgehead atoms. The zero-order chi connectivity index (χ0) is 13.3. The van der Waals surface area contributed by atoms with Crippen LogP contribution in [0.25, 0.3) is 0 Å². The Morgan fingerprint density at radius 1 is 1.22 bits per heavy atom. The van der Waals surface area contributed by atoms with Crippen LogP contribution in [-0.2, 0) is 16.6 Å². The van der Waals surface area contributed by atoms with E-state index >= 15 is 0 Å². The highest BCUT2D eigenvalue weighted by Gasteiger charge is 2.22. The lowest BCUT2D eigenvalue weighted by Crippen LogP contribution is -2.15. The number of fused-ring (bicyclic) bond motifs is 1. The van der Waals surface area contributed by atoms with Gasteiger partial charge < -0.3 is 10.1 Å². The number of ether oxygens (including phenoxy) is 1. The Kier molecular flexibility index (Phi) is 3.33. The Hall–Kier alpha value is -1.51. The Morgan fingerprint density at radius 2 is 1.94 bits per heavy atom. The summed E-state index contributed by atoms with van der Waals surface area (Å²) in [5.74, 6) is 0.947. The zero-order valence-electron chi connectivity index (χ0n) is 11.6. The summed E-state index contributed by atoms with van der Waals surface area (Å²) in [4.78, 5) is 11.6. The van der Waals surface area contributed by atoms with Gasteiger partial charge in [-0.25, -0.2) is 0 Å². The first kappa shape index (κ1) is 12.9. The van der Waals surface area contributed by atoms with Crippen LogP contribution in [-0.4, -0.2) is 13.0 Å². The normalized spacial score (nSPS) is 15.7. The van der Waals surface area contributed by atoms with Crippen LogP contribution in [0.3, 0.4) is 0 Å². The van der Waals surface area contributed by atoms with E-state index < -0.39 is 0 Å². The first-order valence-electron chi connectivity index (χ1n) is 6.43. The number of hydrogen-bond donors (Lipinski definition) is 1. The summed E-state index contributed by atoms with van der Waals surface area (Å²) < 4.78 is 5.46. The average molecular weight is 247 g/mol. The summed E-state index contributed by atoms with van der Waals surface area (Å²) in [6.07, 6.45) is 2.46. The minimum atomic E-state index is 0.0384. The molecule has 18 heavy (non-hydrogen) atoms. The minimum Gasteiger partial charge on any atom is -0.496 e. The lowest BCUT2D eigenvalue weighted by atomic mass is 9.84. The van der Waals surface area contributed by atoms with Gasteiger partial charge >= 0.3 is 0 Å². The molecule has 0 aliphatic carbocycles. The summed E-state index contributed by atoms with van der Waals surface area (Å²) in [5, 5.41) is 2.96. The molecule has 0 spiro atoms. The topological polar surface area (TPSA) is 38.3 Å². The van der Waals surface area contributed by atoms with E-state index in [9.17, 15) is 4.79 Å². The van der Waals surface area contributed by atoms with Gasteiger partial charge in [0.25, 0.3) is 0 Å². The minimum absolute atomic E-state index is 0.0384. The predicted octanol–water partition coefficient (Wildman–Crippen LogP) is 3.27. The molecule has 0 aromatic heterocycles. The van der Waals surface area contributed by atoms with Crippen molar-refractivity contribution in [1.82, 2.24) is 0 Å². The molecular weight excluding hydrogens is 226 g/mol. The van der Waals surface area contributed by atoms with Crippen molar-refractivity contribution >= 4 is 11.6 Å². The zero-order valence-corrected chi connectivity index (χ0v) is 11.6. The Morgan fingerprint density at radius 3 is 2.56 bits per heavy atom. The van der Waals surface area contributed by atoms with Crippen LogP contribution in [0.15, 0.2) is 12.1 Å². The lowest BCUT2D eigenvalue weighted by molar-refractivity contribution is -0.116. The van der Waals surface area contributed by atoms with E-state index in [1.54, 1.807) is 7.11 Å². The predicted molar refractivity (Wildman–Crippen MR) is 73.3 cm³/mol. The van der Waals surface area contributed by atoms with Gasteiger partial charge in [-0.3, -0.25) is 4.79 Å². The van der Waals surface area contributed by atoms with Gasteiger partial charge in [-0.05, 0) is 35.4 Å². The molecule has 3 heteroatoms. The van der Waals surface area contributed by atoms with E-state index in [1.807, 2.05) is 6.07 Å². The number of hydrogen-bond acceptors (Lipinski definition) is 2. The van der Waals surface area contributed by atoms with Crippen LogP contribution in [0.1, 0.15) is 44.7 Å². The van der Waals surface area contributed by atoms with E-state index in [-0.39, 0.29) is 11.3 Å². The third kappa shape index (κ3) is 2.50. The summed E-state index contributed by atoms with van der Waals surface area (Å²) in [5.41, 5.74) is 3.35. The summed E-state index contributed by atoms with van der Waals surface area (Å²) >= 11 is 0. The SMILES string of the molecule is COc1cc2c(cc1C(C)(C)C)CCCC(=O)N2. The van der Waals surface area contributed by atoms with Crippen molar-refractivity contribution in [2.45, 2.75) is 45.4 Å². The Balaban J connectivity index is 2.53. The van der Waals surface area contributed by atoms with Crippen molar-refractivity contribution in [3.63, 3.8) is 0 Å². The van der Waals surface area contributed by atoms with E-state index in [2.05, 4.69) is 32.2 Å². The molecule has 0 radical (unpaired) electrons. The fourth-order valence-electron chi connectivity index (χ4n) is 2.35. The number of anilines is 1. The van der Waals surface area contributed by atoms with Crippen molar-refractivity contribution in [2.75, 3.05) is 12.4 Å². The third-order valence-corrected chi connectivity index (χ3v) is 3.36. The molecule has 0 fully saturated rings. The molecule has 1 N–H and O–H groups in total. The molecule has 1 aromatic rings. The number of carbonyl (C=O) groups is 1. The molecule has 1 amide bonds. The van der Waals surface area contributed by atoms with Gasteiger partial charge in [-0.15, -0.1) is 0 Å². The van der Waals surface area contributed by atoms with Gasteiger partial charge in [0.2, 0.25) is 5.91 Å². The molecular formula is C15H21NO2. The van der Waals surface area contributed by atoms with Crippen LogP contribution in [0.4, 0.5) is 5.69 Å². The van der Waals surface area contributed by atoms with Crippen molar-refractivity contribution < 1.29 is 9.53 Å². The largest absolute Gasteiger partial charge is 0.496 e. The summed E-state index contributed by atoms with van der Waals surface area (Å²) in [6.45, 7) is 6.52. The molecule has 1 heterocycles. The van der Waals surface area contributed by atoms with Gasteiger partial charge in [-0.1, -0.05) is 20.8 Å². The van der Waals surface area contributed by atoms with Crippen molar-refractivity contribution in [3.8, 4) is 5.75 Å². The fourth-order valence-corrected chi connectivity index (χ4v) is 2.35. The smallest absolute Gasteiger partial charge is 0.224 e. The monoisotopic (exact) mass is 247 g/mol. The van der Waals surface area contributed by atoms with Crippen LogP contribution >= 0.6 is 0 Å². The lowest BCUT2D eigenvalue weighted by Gasteiger charge is -2.24. The third-order valence-electron chi connectivity index (χ3n) is 3.36. The average Bonchev–Trinajstić information content (AvgIpc) is 2.46. The number of aryl methyl sites for hydroxylation is 1. The molecule has 3 nitrogen and oxygen atoms in total. The maximum absolute atomic E-state index is 11.6. The second-order valence-corrected chi connectivity index (χ2v) is 5.86. The van der Waals surface area contributed by atoms with E-state index in [4.69, 9.17) is 4.74 Å². The number of benzene rings is 1. The molecule has 0 saturated carbocycles. The molecule has 98 valence electrons. The quantitative estimate of drug-likeness (QED) is 0.827. The molecule has 0 atom stereocenters. The summed E-state index contributed by atoms with van der Waals surface area (Å²) in [6, 6.07) is 4.14. The van der Waals surface area contributed by atoms with Gasteiger partial charge in [0, 0.05) is 18.2 Å². The van der Waals surface area contributed by atoms with E-state index in [0.29, 0.717) is 6.42 Å². The summed E-state index contributed by atoms with van der Waals surface area (Å²) in [7, 11) is 1.68. The van der Waals surface area contributed by atoms with Gasteiger partial charge in [0.15, 0.2) is 0 Å². The van der Waals surface area contributed by atoms with E-state index in [0.717, 1.165) is 24.3 Å².